The minimum atomic E-state index is -0.656. The average molecular weight is 390 g/mol. The van der Waals surface area contributed by atoms with Crippen molar-refractivity contribution in [2.75, 3.05) is 0 Å². The molecule has 27 heavy (non-hydrogen) atoms. The number of nitrogens with zero attached hydrogens (tertiary/aromatic N) is 1. The number of carbonyl (C=O) groups is 1. The van der Waals surface area contributed by atoms with Crippen LogP contribution in [0.5, 0.6) is 5.88 Å². The molecule has 0 aliphatic heterocycles. The molecule has 1 N–H and O–H groups in total. The Balaban J connectivity index is 1.38. The average Bonchev–Trinajstić information content (AvgIpc) is 3.36. The highest BCUT2D eigenvalue weighted by atomic mass is 35.5. The summed E-state index contributed by atoms with van der Waals surface area (Å²) in [6.45, 7) is 0.0908. The standard InChI is InChI=1S/C21H21ClFNO3/c22-15-5-4-14(17(23)10-15)12-27-19-3-1-2-18(24-19)13-6-8-21(9-7-13)11-16(21)20(25)26/h1-5,10,13,16H,6-9,11-12H2,(H,25,26). The van der Waals surface area contributed by atoms with Crippen LogP contribution in [0.25, 0.3) is 0 Å². The quantitative estimate of drug-likeness (QED) is 0.763. The van der Waals surface area contributed by atoms with Gasteiger partial charge in [0.05, 0.1) is 5.92 Å². The monoisotopic (exact) mass is 389 g/mol. The lowest BCUT2D eigenvalue weighted by molar-refractivity contribution is -0.139. The molecule has 0 amide bonds. The molecular formula is C21H21ClFNO3. The van der Waals surface area contributed by atoms with Crippen molar-refractivity contribution < 1.29 is 19.0 Å². The maximum absolute atomic E-state index is 13.9. The summed E-state index contributed by atoms with van der Waals surface area (Å²) in [6, 6.07) is 10.2. The first-order valence-corrected chi connectivity index (χ1v) is 9.61. The smallest absolute Gasteiger partial charge is 0.307 e. The van der Waals surface area contributed by atoms with E-state index in [-0.39, 0.29) is 17.9 Å². The van der Waals surface area contributed by atoms with Gasteiger partial charge >= 0.3 is 5.97 Å². The van der Waals surface area contributed by atoms with Crippen LogP contribution in [0, 0.1) is 17.2 Å². The van der Waals surface area contributed by atoms with Gasteiger partial charge in [-0.25, -0.2) is 9.37 Å². The topological polar surface area (TPSA) is 59.4 Å². The van der Waals surface area contributed by atoms with Gasteiger partial charge < -0.3 is 9.84 Å². The van der Waals surface area contributed by atoms with Gasteiger partial charge in [0.1, 0.15) is 12.4 Å². The lowest BCUT2D eigenvalue weighted by Crippen LogP contribution is -2.19. The zero-order valence-electron chi connectivity index (χ0n) is 14.8. The van der Waals surface area contributed by atoms with E-state index in [1.165, 1.54) is 6.07 Å². The summed E-state index contributed by atoms with van der Waals surface area (Å²) in [6.07, 6.45) is 4.60. The number of halogens is 2. The third-order valence-corrected chi connectivity index (χ3v) is 6.26. The van der Waals surface area contributed by atoms with E-state index in [0.29, 0.717) is 22.4 Å². The molecule has 2 fully saturated rings. The molecule has 2 aliphatic carbocycles. The van der Waals surface area contributed by atoms with Gasteiger partial charge in [0.25, 0.3) is 0 Å². The summed E-state index contributed by atoms with van der Waals surface area (Å²) in [5, 5.41) is 9.57. The van der Waals surface area contributed by atoms with Crippen molar-refractivity contribution in [2.45, 2.75) is 44.6 Å². The van der Waals surface area contributed by atoms with Crippen LogP contribution in [0.4, 0.5) is 4.39 Å². The Bertz CT molecular complexity index is 864. The first kappa shape index (κ1) is 18.2. The molecule has 1 aromatic heterocycles. The number of hydrogen-bond donors (Lipinski definition) is 1. The summed E-state index contributed by atoms with van der Waals surface area (Å²) in [5.41, 5.74) is 1.42. The van der Waals surface area contributed by atoms with Crippen LogP contribution in [-0.2, 0) is 11.4 Å². The third kappa shape index (κ3) is 3.79. The summed E-state index contributed by atoms with van der Waals surface area (Å²) in [7, 11) is 0. The van der Waals surface area contributed by atoms with Crippen molar-refractivity contribution >= 4 is 17.6 Å². The molecular weight excluding hydrogens is 369 g/mol. The van der Waals surface area contributed by atoms with E-state index in [1.54, 1.807) is 18.2 Å². The number of carboxylic acids is 1. The van der Waals surface area contributed by atoms with Crippen LogP contribution >= 0.6 is 11.6 Å². The number of benzene rings is 1. The fraction of sp³-hybridized carbons (Fsp3) is 0.429. The van der Waals surface area contributed by atoms with Gasteiger partial charge in [0.15, 0.2) is 0 Å². The van der Waals surface area contributed by atoms with Crippen LogP contribution in [-0.4, -0.2) is 16.1 Å². The Morgan fingerprint density at radius 2 is 2.07 bits per heavy atom. The Morgan fingerprint density at radius 3 is 2.74 bits per heavy atom. The normalized spacial score (nSPS) is 26.7. The second kappa shape index (κ2) is 7.12. The van der Waals surface area contributed by atoms with E-state index in [4.69, 9.17) is 16.3 Å². The molecule has 1 spiro atoms. The molecule has 2 saturated carbocycles. The number of carboxylic acid groups (broad SMARTS) is 1. The summed E-state index contributed by atoms with van der Waals surface area (Å²) in [4.78, 5) is 15.8. The predicted octanol–water partition coefficient (Wildman–Crippen LogP) is 5.20. The van der Waals surface area contributed by atoms with Crippen LogP contribution in [0.2, 0.25) is 5.02 Å². The first-order valence-electron chi connectivity index (χ1n) is 9.23. The Kier molecular flexibility index (Phi) is 4.81. The van der Waals surface area contributed by atoms with Gasteiger partial charge in [-0.1, -0.05) is 23.7 Å². The minimum Gasteiger partial charge on any atom is -0.481 e. The van der Waals surface area contributed by atoms with Gasteiger partial charge in [-0.05, 0) is 55.7 Å². The van der Waals surface area contributed by atoms with Gasteiger partial charge in [-0.3, -0.25) is 4.79 Å². The van der Waals surface area contributed by atoms with Crippen molar-refractivity contribution in [1.82, 2.24) is 4.98 Å². The zero-order chi connectivity index (χ0) is 19.0. The lowest BCUT2D eigenvalue weighted by Gasteiger charge is -2.28. The second-order valence-electron chi connectivity index (χ2n) is 7.66. The minimum absolute atomic E-state index is 0.0303. The zero-order valence-corrected chi connectivity index (χ0v) is 15.6. The van der Waals surface area contributed by atoms with Gasteiger partial charge in [0, 0.05) is 28.3 Å². The number of hydrogen-bond acceptors (Lipinski definition) is 3. The van der Waals surface area contributed by atoms with Crippen molar-refractivity contribution in [3.8, 4) is 5.88 Å². The first-order chi connectivity index (χ1) is 13.0. The molecule has 2 aromatic rings. The summed E-state index contributed by atoms with van der Waals surface area (Å²) < 4.78 is 19.5. The van der Waals surface area contributed by atoms with E-state index in [9.17, 15) is 14.3 Å². The molecule has 0 radical (unpaired) electrons. The highest BCUT2D eigenvalue weighted by Crippen LogP contribution is 2.63. The van der Waals surface area contributed by atoms with Gasteiger partial charge in [-0.15, -0.1) is 0 Å². The molecule has 6 heteroatoms. The molecule has 142 valence electrons. The number of rotatable bonds is 5. The van der Waals surface area contributed by atoms with Crippen molar-refractivity contribution in [1.29, 1.82) is 0 Å². The molecule has 4 rings (SSSR count). The van der Waals surface area contributed by atoms with E-state index in [0.717, 1.165) is 37.8 Å². The van der Waals surface area contributed by atoms with Crippen molar-refractivity contribution in [3.63, 3.8) is 0 Å². The molecule has 0 bridgehead atoms. The SMILES string of the molecule is O=C(O)C1CC12CCC(c1cccc(OCc3ccc(Cl)cc3F)n1)CC2. The van der Waals surface area contributed by atoms with Gasteiger partial charge in [0.2, 0.25) is 5.88 Å². The maximum Gasteiger partial charge on any atom is 0.307 e. The van der Waals surface area contributed by atoms with E-state index in [2.05, 4.69) is 4.98 Å². The summed E-state index contributed by atoms with van der Waals surface area (Å²) >= 11 is 5.77. The van der Waals surface area contributed by atoms with Gasteiger partial charge in [-0.2, -0.15) is 0 Å². The molecule has 0 saturated heterocycles. The predicted molar refractivity (Wildman–Crippen MR) is 99.4 cm³/mol. The lowest BCUT2D eigenvalue weighted by atomic mass is 9.77. The number of aliphatic carboxylic acids is 1. The number of pyridine rings is 1. The maximum atomic E-state index is 13.9. The van der Waals surface area contributed by atoms with E-state index < -0.39 is 11.8 Å². The number of aromatic nitrogens is 1. The molecule has 2 aliphatic rings. The molecule has 1 atom stereocenters. The largest absolute Gasteiger partial charge is 0.481 e. The van der Waals surface area contributed by atoms with Crippen LogP contribution in [0.1, 0.15) is 49.3 Å². The molecule has 1 unspecified atom stereocenters. The Labute approximate surface area is 162 Å². The van der Waals surface area contributed by atoms with Crippen molar-refractivity contribution in [2.24, 2.45) is 11.3 Å². The fourth-order valence-electron chi connectivity index (χ4n) is 4.27. The Morgan fingerprint density at radius 1 is 1.30 bits per heavy atom. The number of ether oxygens (including phenoxy) is 1. The molecule has 1 aromatic carbocycles. The van der Waals surface area contributed by atoms with E-state index >= 15 is 0 Å². The third-order valence-electron chi connectivity index (χ3n) is 6.02. The highest BCUT2D eigenvalue weighted by Gasteiger charge is 2.58. The van der Waals surface area contributed by atoms with Crippen molar-refractivity contribution in [3.05, 3.63) is 58.5 Å². The molecule has 4 nitrogen and oxygen atoms in total. The molecule has 1 heterocycles. The van der Waals surface area contributed by atoms with Crippen LogP contribution in [0.3, 0.4) is 0 Å². The van der Waals surface area contributed by atoms with E-state index in [1.807, 2.05) is 12.1 Å². The summed E-state index contributed by atoms with van der Waals surface area (Å²) in [5.74, 6) is -0.418. The highest BCUT2D eigenvalue weighted by molar-refractivity contribution is 6.30. The Hall–Kier alpha value is -2.14. The fourth-order valence-corrected chi connectivity index (χ4v) is 4.43. The van der Waals surface area contributed by atoms with Crippen LogP contribution < -0.4 is 4.74 Å². The second-order valence-corrected chi connectivity index (χ2v) is 8.09. The van der Waals surface area contributed by atoms with Crippen LogP contribution in [0.15, 0.2) is 36.4 Å².